The Morgan fingerprint density at radius 1 is 1.13 bits per heavy atom. The van der Waals surface area contributed by atoms with Crippen molar-refractivity contribution < 1.29 is 4.74 Å². The van der Waals surface area contributed by atoms with Crippen LogP contribution in [0.25, 0.3) is 16.7 Å². The van der Waals surface area contributed by atoms with Gasteiger partial charge < -0.3 is 19.5 Å². The van der Waals surface area contributed by atoms with Gasteiger partial charge in [-0.1, -0.05) is 0 Å². The van der Waals surface area contributed by atoms with Crippen molar-refractivity contribution in [3.63, 3.8) is 0 Å². The van der Waals surface area contributed by atoms with E-state index in [1.807, 2.05) is 26.1 Å². The number of aromatic nitrogens is 6. The van der Waals surface area contributed by atoms with Crippen molar-refractivity contribution in [2.45, 2.75) is 13.8 Å². The number of pyridine rings is 2. The van der Waals surface area contributed by atoms with Crippen LogP contribution >= 0.6 is 0 Å². The fourth-order valence-corrected chi connectivity index (χ4v) is 3.70. The lowest BCUT2D eigenvalue weighted by Gasteiger charge is -2.29. The number of nitrogens with one attached hydrogen (secondary N) is 1. The summed E-state index contributed by atoms with van der Waals surface area (Å²) in [6.45, 7) is 6.55. The monoisotopic (exact) mass is 406 g/mol. The molecule has 10 nitrogen and oxygen atoms in total. The largest absolute Gasteiger partial charge is 0.378 e. The first-order chi connectivity index (χ1) is 14.5. The maximum atomic E-state index is 12.5. The second-order valence-electron chi connectivity index (χ2n) is 7.41. The zero-order valence-electron chi connectivity index (χ0n) is 17.1. The second-order valence-corrected chi connectivity index (χ2v) is 7.41. The summed E-state index contributed by atoms with van der Waals surface area (Å²) in [5.74, 6) is 1.17. The Bertz CT molecular complexity index is 1320. The minimum Gasteiger partial charge on any atom is -0.378 e. The highest BCUT2D eigenvalue weighted by molar-refractivity contribution is 5.88. The lowest BCUT2D eigenvalue weighted by atomic mass is 10.2. The molecule has 0 atom stereocenters. The topological polar surface area (TPSA) is 102 Å². The maximum Gasteiger partial charge on any atom is 0.252 e. The van der Waals surface area contributed by atoms with Crippen LogP contribution in [0.5, 0.6) is 0 Å². The van der Waals surface area contributed by atoms with E-state index in [-0.39, 0.29) is 5.56 Å². The molecule has 0 amide bonds. The SMILES string of the molecule is Cc1nc2cc(C)c(Nc3ncc4c(n3)c(N3CCOCC3)cc(=O)n4C)cn2n1. The molecule has 0 aromatic carbocycles. The van der Waals surface area contributed by atoms with Gasteiger partial charge in [-0.05, 0) is 25.5 Å². The Morgan fingerprint density at radius 3 is 2.73 bits per heavy atom. The minimum absolute atomic E-state index is 0.0869. The molecule has 0 aliphatic carbocycles. The van der Waals surface area contributed by atoms with Crippen molar-refractivity contribution in [3.05, 3.63) is 46.3 Å². The number of anilines is 3. The molecule has 30 heavy (non-hydrogen) atoms. The Morgan fingerprint density at radius 2 is 1.93 bits per heavy atom. The third-order valence-electron chi connectivity index (χ3n) is 5.35. The quantitative estimate of drug-likeness (QED) is 0.547. The third kappa shape index (κ3) is 3.14. The summed E-state index contributed by atoms with van der Waals surface area (Å²) in [6.07, 6.45) is 3.56. The fraction of sp³-hybridized carbons (Fsp3) is 0.350. The summed E-state index contributed by atoms with van der Waals surface area (Å²) in [7, 11) is 1.73. The van der Waals surface area contributed by atoms with Crippen molar-refractivity contribution in [3.8, 4) is 0 Å². The van der Waals surface area contributed by atoms with Crippen molar-refractivity contribution >= 4 is 34.0 Å². The molecule has 1 fully saturated rings. The lowest BCUT2D eigenvalue weighted by Crippen LogP contribution is -2.37. The smallest absolute Gasteiger partial charge is 0.252 e. The molecule has 4 aromatic rings. The highest BCUT2D eigenvalue weighted by Crippen LogP contribution is 2.26. The number of rotatable bonds is 3. The Labute approximate surface area is 172 Å². The summed E-state index contributed by atoms with van der Waals surface area (Å²) in [5.41, 5.74) is 4.77. The standard InChI is InChI=1S/C20H22N8O2/c1-12-8-17-22-13(2)25-28(17)11-14(12)23-20-21-10-16-19(24-20)15(9-18(29)26(16)3)27-4-6-30-7-5-27/h8-11H,4-7H2,1-3H3,(H,21,23,24). The highest BCUT2D eigenvalue weighted by atomic mass is 16.5. The van der Waals surface area contributed by atoms with Crippen LogP contribution < -0.4 is 15.8 Å². The minimum atomic E-state index is -0.0869. The van der Waals surface area contributed by atoms with E-state index in [1.54, 1.807) is 28.4 Å². The van der Waals surface area contributed by atoms with E-state index in [1.165, 1.54) is 0 Å². The molecule has 0 spiro atoms. The van der Waals surface area contributed by atoms with Crippen LogP contribution in [-0.4, -0.2) is 55.4 Å². The van der Waals surface area contributed by atoms with Crippen LogP contribution in [0.4, 0.5) is 17.3 Å². The van der Waals surface area contributed by atoms with E-state index in [2.05, 4.69) is 25.3 Å². The number of hydrogen-bond donors (Lipinski definition) is 1. The molecule has 1 aliphatic heterocycles. The van der Waals surface area contributed by atoms with Crippen LogP contribution in [0.3, 0.4) is 0 Å². The summed E-state index contributed by atoms with van der Waals surface area (Å²) >= 11 is 0. The van der Waals surface area contributed by atoms with E-state index in [0.717, 1.165) is 41.2 Å². The first kappa shape index (κ1) is 18.5. The molecular weight excluding hydrogens is 384 g/mol. The fourth-order valence-electron chi connectivity index (χ4n) is 3.70. The summed E-state index contributed by atoms with van der Waals surface area (Å²) in [5, 5.41) is 7.66. The van der Waals surface area contributed by atoms with Gasteiger partial charge >= 0.3 is 0 Å². The van der Waals surface area contributed by atoms with E-state index >= 15 is 0 Å². The van der Waals surface area contributed by atoms with E-state index in [0.29, 0.717) is 30.5 Å². The van der Waals surface area contributed by atoms with Crippen molar-refractivity contribution in [1.82, 2.24) is 29.1 Å². The Kier molecular flexibility index (Phi) is 4.35. The molecule has 10 heteroatoms. The third-order valence-corrected chi connectivity index (χ3v) is 5.35. The van der Waals surface area contributed by atoms with Gasteiger partial charge in [-0.2, -0.15) is 5.10 Å². The molecule has 154 valence electrons. The molecule has 1 saturated heterocycles. The molecule has 0 unspecified atom stereocenters. The maximum absolute atomic E-state index is 12.5. The molecule has 1 N–H and O–H groups in total. The van der Waals surface area contributed by atoms with Crippen LogP contribution in [0.15, 0.2) is 29.3 Å². The number of hydrogen-bond acceptors (Lipinski definition) is 8. The Balaban J connectivity index is 1.59. The van der Waals surface area contributed by atoms with Crippen LogP contribution in [0.2, 0.25) is 0 Å². The number of fused-ring (bicyclic) bond motifs is 2. The van der Waals surface area contributed by atoms with Gasteiger partial charge in [0.25, 0.3) is 5.56 Å². The average molecular weight is 406 g/mol. The van der Waals surface area contributed by atoms with E-state index in [4.69, 9.17) is 9.72 Å². The van der Waals surface area contributed by atoms with Gasteiger partial charge in [0.05, 0.1) is 42.5 Å². The number of morpholine rings is 1. The van der Waals surface area contributed by atoms with Crippen LogP contribution in [-0.2, 0) is 11.8 Å². The second kappa shape index (κ2) is 7.06. The molecule has 4 aromatic heterocycles. The molecule has 0 saturated carbocycles. The Hall–Kier alpha value is -3.53. The number of nitrogens with zero attached hydrogens (tertiary/aromatic N) is 7. The van der Waals surface area contributed by atoms with Gasteiger partial charge in [-0.3, -0.25) is 4.79 Å². The zero-order valence-corrected chi connectivity index (χ0v) is 17.1. The predicted octanol–water partition coefficient (Wildman–Crippen LogP) is 1.57. The van der Waals surface area contributed by atoms with E-state index < -0.39 is 0 Å². The van der Waals surface area contributed by atoms with Crippen molar-refractivity contribution in [2.24, 2.45) is 7.05 Å². The molecular formula is C20H22N8O2. The first-order valence-electron chi connectivity index (χ1n) is 9.80. The van der Waals surface area contributed by atoms with Gasteiger partial charge in [-0.15, -0.1) is 0 Å². The van der Waals surface area contributed by atoms with Crippen molar-refractivity contribution in [1.29, 1.82) is 0 Å². The molecule has 0 radical (unpaired) electrons. The first-order valence-corrected chi connectivity index (χ1v) is 9.80. The van der Waals surface area contributed by atoms with Gasteiger partial charge in [0.15, 0.2) is 5.65 Å². The molecule has 5 heterocycles. The summed E-state index contributed by atoms with van der Waals surface area (Å²) < 4.78 is 8.76. The highest BCUT2D eigenvalue weighted by Gasteiger charge is 2.18. The molecule has 5 rings (SSSR count). The van der Waals surface area contributed by atoms with Gasteiger partial charge in [0.2, 0.25) is 5.95 Å². The van der Waals surface area contributed by atoms with Gasteiger partial charge in [0, 0.05) is 26.2 Å². The number of aryl methyl sites for hydroxylation is 3. The normalized spacial score (nSPS) is 14.6. The van der Waals surface area contributed by atoms with Crippen LogP contribution in [0, 0.1) is 13.8 Å². The predicted molar refractivity (Wildman–Crippen MR) is 114 cm³/mol. The van der Waals surface area contributed by atoms with Crippen LogP contribution in [0.1, 0.15) is 11.4 Å². The molecule has 0 bridgehead atoms. The van der Waals surface area contributed by atoms with Gasteiger partial charge in [0.1, 0.15) is 11.3 Å². The zero-order chi connectivity index (χ0) is 20.8. The van der Waals surface area contributed by atoms with E-state index in [9.17, 15) is 4.79 Å². The average Bonchev–Trinajstić information content (AvgIpc) is 3.10. The number of ether oxygens (including phenoxy) is 1. The van der Waals surface area contributed by atoms with Crippen molar-refractivity contribution in [2.75, 3.05) is 36.5 Å². The molecule has 1 aliphatic rings. The lowest BCUT2D eigenvalue weighted by molar-refractivity contribution is 0.123. The summed E-state index contributed by atoms with van der Waals surface area (Å²) in [6, 6.07) is 3.60. The van der Waals surface area contributed by atoms with Gasteiger partial charge in [-0.25, -0.2) is 19.5 Å². The summed E-state index contributed by atoms with van der Waals surface area (Å²) in [4.78, 5) is 28.2.